The van der Waals surface area contributed by atoms with Crippen LogP contribution in [0, 0.1) is 12.7 Å². The molecular weight excluding hydrogens is 357 g/mol. The van der Waals surface area contributed by atoms with Crippen molar-refractivity contribution in [1.29, 1.82) is 0 Å². The number of carbonyl (C=O) groups is 1. The molecule has 0 saturated carbocycles. The molecule has 0 fully saturated rings. The average molecular weight is 369 g/mol. The maximum atomic E-state index is 13.3. The van der Waals surface area contributed by atoms with Crippen LogP contribution in [0.2, 0.25) is 5.02 Å². The minimum Gasteiger partial charge on any atom is -0.322 e. The van der Waals surface area contributed by atoms with Crippen LogP contribution in [0.25, 0.3) is 6.08 Å². The van der Waals surface area contributed by atoms with Crippen LogP contribution in [0.1, 0.15) is 11.1 Å². The Morgan fingerprint density at radius 2 is 1.95 bits per heavy atom. The Kier molecular flexibility index (Phi) is 5.15. The van der Waals surface area contributed by atoms with Crippen molar-refractivity contribution in [1.82, 2.24) is 0 Å². The molecule has 1 amide bonds. The summed E-state index contributed by atoms with van der Waals surface area (Å²) in [5.74, 6) is -0.645. The van der Waals surface area contributed by atoms with Gasteiger partial charge in [0.15, 0.2) is 0 Å². The summed E-state index contributed by atoms with van der Waals surface area (Å²) in [5, 5.41) is 3.35. The number of aryl methyl sites for hydroxylation is 1. The van der Waals surface area contributed by atoms with Gasteiger partial charge in [0, 0.05) is 16.8 Å². The largest absolute Gasteiger partial charge is 0.322 e. The van der Waals surface area contributed by atoms with E-state index in [1.807, 2.05) is 12.1 Å². The number of hydrogen-bond acceptors (Lipinski definition) is 1. The van der Waals surface area contributed by atoms with Gasteiger partial charge in [-0.3, -0.25) is 4.79 Å². The minimum atomic E-state index is -0.359. The van der Waals surface area contributed by atoms with Gasteiger partial charge in [0.25, 0.3) is 0 Å². The molecule has 0 radical (unpaired) electrons. The van der Waals surface area contributed by atoms with Gasteiger partial charge < -0.3 is 5.32 Å². The standard InChI is InChI=1S/C16H12BrClFNO/c1-10-8-14(19)13(17)9-15(10)20-16(21)7-4-11-2-5-12(18)6-3-11/h2-9H,1H3,(H,20,21)/b7-4+. The van der Waals surface area contributed by atoms with Crippen LogP contribution in [0.5, 0.6) is 0 Å². The normalized spacial score (nSPS) is 10.9. The Hall–Kier alpha value is -1.65. The highest BCUT2D eigenvalue weighted by atomic mass is 79.9. The molecule has 0 atom stereocenters. The number of anilines is 1. The number of amides is 1. The summed E-state index contributed by atoms with van der Waals surface area (Å²) in [6.45, 7) is 1.73. The molecule has 2 aromatic rings. The Morgan fingerprint density at radius 3 is 2.62 bits per heavy atom. The molecule has 0 aliphatic carbocycles. The van der Waals surface area contributed by atoms with E-state index >= 15 is 0 Å². The molecule has 21 heavy (non-hydrogen) atoms. The van der Waals surface area contributed by atoms with E-state index in [0.717, 1.165) is 5.56 Å². The number of rotatable bonds is 3. The molecule has 108 valence electrons. The second-order valence-corrected chi connectivity index (χ2v) is 5.75. The van der Waals surface area contributed by atoms with Crippen LogP contribution in [0.15, 0.2) is 46.9 Å². The molecule has 0 unspecified atom stereocenters. The van der Waals surface area contributed by atoms with Crippen molar-refractivity contribution < 1.29 is 9.18 Å². The number of halogens is 3. The smallest absolute Gasteiger partial charge is 0.248 e. The quantitative estimate of drug-likeness (QED) is 0.741. The van der Waals surface area contributed by atoms with Crippen molar-refractivity contribution >= 4 is 45.2 Å². The first-order chi connectivity index (χ1) is 9.95. The van der Waals surface area contributed by atoms with E-state index in [1.165, 1.54) is 12.1 Å². The molecule has 0 spiro atoms. The lowest BCUT2D eigenvalue weighted by molar-refractivity contribution is -0.111. The van der Waals surface area contributed by atoms with Crippen LogP contribution < -0.4 is 5.32 Å². The number of hydrogen-bond donors (Lipinski definition) is 1. The molecule has 2 aromatic carbocycles. The van der Waals surface area contributed by atoms with E-state index in [-0.39, 0.29) is 11.7 Å². The minimum absolute atomic E-state index is 0.286. The zero-order valence-electron chi connectivity index (χ0n) is 11.2. The van der Waals surface area contributed by atoms with Crippen LogP contribution in [-0.2, 0) is 4.79 Å². The number of benzene rings is 2. The molecule has 0 aliphatic rings. The molecule has 0 aliphatic heterocycles. The van der Waals surface area contributed by atoms with Gasteiger partial charge in [-0.05, 0) is 64.3 Å². The van der Waals surface area contributed by atoms with Crippen molar-refractivity contribution in [3.8, 4) is 0 Å². The number of carbonyl (C=O) groups excluding carboxylic acids is 1. The summed E-state index contributed by atoms with van der Waals surface area (Å²) in [5.41, 5.74) is 2.09. The maximum Gasteiger partial charge on any atom is 0.248 e. The predicted molar refractivity (Wildman–Crippen MR) is 88.0 cm³/mol. The fourth-order valence-electron chi connectivity index (χ4n) is 1.70. The lowest BCUT2D eigenvalue weighted by Gasteiger charge is -2.07. The molecule has 0 bridgehead atoms. The first-order valence-corrected chi connectivity index (χ1v) is 7.33. The van der Waals surface area contributed by atoms with Crippen molar-refractivity contribution in [3.05, 3.63) is 68.9 Å². The lowest BCUT2D eigenvalue weighted by atomic mass is 10.2. The molecule has 1 N–H and O–H groups in total. The summed E-state index contributed by atoms with van der Waals surface area (Å²) in [6.07, 6.45) is 3.10. The molecule has 0 heterocycles. The summed E-state index contributed by atoms with van der Waals surface area (Å²) in [4.78, 5) is 11.9. The highest BCUT2D eigenvalue weighted by Crippen LogP contribution is 2.24. The van der Waals surface area contributed by atoms with Gasteiger partial charge in [-0.25, -0.2) is 4.39 Å². The van der Waals surface area contributed by atoms with E-state index < -0.39 is 0 Å². The Morgan fingerprint density at radius 1 is 1.29 bits per heavy atom. The predicted octanol–water partition coefficient (Wildman–Crippen LogP) is 5.20. The van der Waals surface area contributed by atoms with Gasteiger partial charge in [0.1, 0.15) is 5.82 Å². The van der Waals surface area contributed by atoms with Gasteiger partial charge >= 0.3 is 0 Å². The highest BCUT2D eigenvalue weighted by Gasteiger charge is 2.06. The summed E-state index contributed by atoms with van der Waals surface area (Å²) in [7, 11) is 0. The van der Waals surface area contributed by atoms with Crippen LogP contribution >= 0.6 is 27.5 Å². The molecule has 0 aromatic heterocycles. The van der Waals surface area contributed by atoms with E-state index in [0.29, 0.717) is 20.7 Å². The number of nitrogens with one attached hydrogen (secondary N) is 1. The van der Waals surface area contributed by atoms with Crippen molar-refractivity contribution in [2.45, 2.75) is 6.92 Å². The Bertz CT molecular complexity index is 698. The molecule has 2 nitrogen and oxygen atoms in total. The molecule has 2 rings (SSSR count). The zero-order valence-corrected chi connectivity index (χ0v) is 13.5. The molecule has 5 heteroatoms. The summed E-state index contributed by atoms with van der Waals surface area (Å²) in [6, 6.07) is 10.0. The van der Waals surface area contributed by atoms with Crippen molar-refractivity contribution in [3.63, 3.8) is 0 Å². The van der Waals surface area contributed by atoms with Crippen LogP contribution in [-0.4, -0.2) is 5.91 Å². The van der Waals surface area contributed by atoms with Gasteiger partial charge in [0.05, 0.1) is 4.47 Å². The molecule has 0 saturated heterocycles. The van der Waals surface area contributed by atoms with Crippen LogP contribution in [0.3, 0.4) is 0 Å². The highest BCUT2D eigenvalue weighted by molar-refractivity contribution is 9.10. The van der Waals surface area contributed by atoms with Crippen LogP contribution in [0.4, 0.5) is 10.1 Å². The van der Waals surface area contributed by atoms with E-state index in [2.05, 4.69) is 21.2 Å². The van der Waals surface area contributed by atoms with E-state index in [1.54, 1.807) is 31.2 Å². The first kappa shape index (κ1) is 15.7. The average Bonchev–Trinajstić information content (AvgIpc) is 2.44. The van der Waals surface area contributed by atoms with Gasteiger partial charge in [-0.1, -0.05) is 23.7 Å². The second-order valence-electron chi connectivity index (χ2n) is 4.46. The maximum absolute atomic E-state index is 13.3. The Labute approximate surface area is 135 Å². The second kappa shape index (κ2) is 6.87. The van der Waals surface area contributed by atoms with Crippen molar-refractivity contribution in [2.24, 2.45) is 0 Å². The molecular formula is C16H12BrClFNO. The summed E-state index contributed by atoms with van der Waals surface area (Å²) < 4.78 is 13.6. The van der Waals surface area contributed by atoms with Gasteiger partial charge in [-0.15, -0.1) is 0 Å². The summed E-state index contributed by atoms with van der Waals surface area (Å²) >= 11 is 8.88. The first-order valence-electron chi connectivity index (χ1n) is 6.16. The van der Waals surface area contributed by atoms with E-state index in [4.69, 9.17) is 11.6 Å². The van der Waals surface area contributed by atoms with Gasteiger partial charge in [0.2, 0.25) is 5.91 Å². The zero-order chi connectivity index (χ0) is 15.4. The van der Waals surface area contributed by atoms with Crippen molar-refractivity contribution in [2.75, 3.05) is 5.32 Å². The fourth-order valence-corrected chi connectivity index (χ4v) is 2.17. The lowest BCUT2D eigenvalue weighted by Crippen LogP contribution is -2.09. The third kappa shape index (κ3) is 4.41. The van der Waals surface area contributed by atoms with E-state index in [9.17, 15) is 9.18 Å². The Balaban J connectivity index is 2.08. The fraction of sp³-hybridized carbons (Fsp3) is 0.0625. The third-order valence-corrected chi connectivity index (χ3v) is 3.68. The monoisotopic (exact) mass is 367 g/mol. The SMILES string of the molecule is Cc1cc(F)c(Br)cc1NC(=O)/C=C/c1ccc(Cl)cc1. The third-order valence-electron chi connectivity index (χ3n) is 2.82. The van der Waals surface area contributed by atoms with Gasteiger partial charge in [-0.2, -0.15) is 0 Å². The topological polar surface area (TPSA) is 29.1 Å².